The Bertz CT molecular complexity index is 1190. The minimum Gasteiger partial charge on any atom is -0.497 e. The van der Waals surface area contributed by atoms with Crippen molar-refractivity contribution in [3.8, 4) is 17.0 Å². The summed E-state index contributed by atoms with van der Waals surface area (Å²) in [6.07, 6.45) is 1.76. The summed E-state index contributed by atoms with van der Waals surface area (Å²) in [7, 11) is 1.66. The number of thiazole rings is 1. The topological polar surface area (TPSA) is 38.9 Å². The zero-order chi connectivity index (χ0) is 19.3. The summed E-state index contributed by atoms with van der Waals surface area (Å²) in [4.78, 5) is 0.885. The molecular weight excluding hydrogens is 366 g/mol. The molecular formula is C23H21N3OS. The average Bonchev–Trinajstić information content (AvgIpc) is 3.16. The Balaban J connectivity index is 1.66. The smallest absolute Gasteiger partial charge is 0.211 e. The highest BCUT2D eigenvalue weighted by Gasteiger charge is 2.07. The van der Waals surface area contributed by atoms with Gasteiger partial charge >= 0.3 is 0 Å². The van der Waals surface area contributed by atoms with E-state index in [0.717, 1.165) is 28.4 Å². The Morgan fingerprint density at radius 1 is 1.00 bits per heavy atom. The van der Waals surface area contributed by atoms with Crippen LogP contribution in [0.25, 0.3) is 22.0 Å². The van der Waals surface area contributed by atoms with Gasteiger partial charge in [0, 0.05) is 11.9 Å². The maximum atomic E-state index is 5.18. The average molecular weight is 388 g/mol. The molecule has 0 aliphatic rings. The van der Waals surface area contributed by atoms with Gasteiger partial charge in [-0.15, -0.1) is 16.4 Å². The molecule has 4 nitrogen and oxygen atoms in total. The molecule has 5 heteroatoms. The third kappa shape index (κ3) is 3.75. The van der Waals surface area contributed by atoms with Gasteiger partial charge in [-0.1, -0.05) is 36.4 Å². The Labute approximate surface area is 168 Å². The van der Waals surface area contributed by atoms with E-state index in [4.69, 9.17) is 4.74 Å². The van der Waals surface area contributed by atoms with Gasteiger partial charge in [0.05, 0.1) is 19.0 Å². The lowest BCUT2D eigenvalue weighted by Crippen LogP contribution is -2.14. The highest BCUT2D eigenvalue weighted by Crippen LogP contribution is 2.25. The third-order valence-corrected chi connectivity index (χ3v) is 5.48. The van der Waals surface area contributed by atoms with E-state index in [0.29, 0.717) is 0 Å². The van der Waals surface area contributed by atoms with Gasteiger partial charge in [-0.25, -0.2) is 0 Å². The van der Waals surface area contributed by atoms with Crippen LogP contribution in [0.4, 0.5) is 0 Å². The number of rotatable bonds is 5. The van der Waals surface area contributed by atoms with Crippen LogP contribution in [0, 0.1) is 0 Å². The lowest BCUT2D eigenvalue weighted by Gasteiger charge is -2.07. The van der Waals surface area contributed by atoms with E-state index < -0.39 is 0 Å². The lowest BCUT2D eigenvalue weighted by molar-refractivity contribution is 0.415. The summed E-state index contributed by atoms with van der Waals surface area (Å²) < 4.78 is 7.37. The number of fused-ring (bicyclic) bond motifs is 1. The molecule has 0 bridgehead atoms. The van der Waals surface area contributed by atoms with Gasteiger partial charge in [-0.3, -0.25) is 0 Å². The first-order chi connectivity index (χ1) is 13.8. The Hall–Kier alpha value is -3.18. The largest absolute Gasteiger partial charge is 0.497 e. The molecule has 0 N–H and O–H groups in total. The van der Waals surface area contributed by atoms with Crippen LogP contribution in [-0.4, -0.2) is 17.9 Å². The molecule has 0 saturated heterocycles. The molecule has 0 unspecified atom stereocenters. The van der Waals surface area contributed by atoms with Crippen LogP contribution in [-0.2, 0) is 6.54 Å². The van der Waals surface area contributed by atoms with Gasteiger partial charge in [0.15, 0.2) is 0 Å². The standard InChI is InChI=1S/C23H21N3OS/c1-3-26-22(20-11-10-18-6-4-5-7-19(18)14-20)16-28-23(26)25-24-15-17-8-12-21(27-2)13-9-17/h4-16H,3H2,1-2H3/b24-15-,25-23-. The number of ether oxygens (including phenoxy) is 1. The fourth-order valence-corrected chi connectivity index (χ4v) is 4.06. The van der Waals surface area contributed by atoms with Crippen molar-refractivity contribution >= 4 is 28.3 Å². The summed E-state index contributed by atoms with van der Waals surface area (Å²) in [5.74, 6) is 0.830. The monoisotopic (exact) mass is 387 g/mol. The van der Waals surface area contributed by atoms with Crippen LogP contribution >= 0.6 is 11.3 Å². The summed E-state index contributed by atoms with van der Waals surface area (Å²) >= 11 is 1.60. The Morgan fingerprint density at radius 2 is 1.79 bits per heavy atom. The first kappa shape index (κ1) is 18.2. The molecule has 140 valence electrons. The van der Waals surface area contributed by atoms with Crippen molar-refractivity contribution in [3.05, 3.63) is 82.5 Å². The molecule has 0 radical (unpaired) electrons. The van der Waals surface area contributed by atoms with Crippen LogP contribution in [0.5, 0.6) is 5.75 Å². The molecule has 3 aromatic carbocycles. The number of hydrogen-bond donors (Lipinski definition) is 0. The zero-order valence-corrected chi connectivity index (χ0v) is 16.7. The molecule has 0 aliphatic carbocycles. The minimum absolute atomic E-state index is 0.830. The third-order valence-electron chi connectivity index (χ3n) is 4.63. The highest BCUT2D eigenvalue weighted by atomic mass is 32.1. The van der Waals surface area contributed by atoms with Crippen molar-refractivity contribution in [1.82, 2.24) is 4.57 Å². The summed E-state index contributed by atoms with van der Waals surface area (Å²) in [5.41, 5.74) is 3.34. The number of methoxy groups -OCH3 is 1. The van der Waals surface area contributed by atoms with Crippen LogP contribution < -0.4 is 9.54 Å². The predicted molar refractivity (Wildman–Crippen MR) is 117 cm³/mol. The SMILES string of the molecule is CCn1c(-c2ccc3ccccc3c2)cs/c1=N\N=C/c1ccc(OC)cc1. The second-order valence-electron chi connectivity index (χ2n) is 6.33. The van der Waals surface area contributed by atoms with E-state index in [1.807, 2.05) is 24.3 Å². The number of nitrogens with zero attached hydrogens (tertiary/aromatic N) is 3. The summed E-state index contributed by atoms with van der Waals surface area (Å²) in [5, 5.41) is 13.4. The molecule has 4 rings (SSSR count). The number of aromatic nitrogens is 1. The quantitative estimate of drug-likeness (QED) is 0.337. The lowest BCUT2D eigenvalue weighted by atomic mass is 10.1. The molecule has 0 amide bonds. The molecule has 0 atom stereocenters. The maximum Gasteiger partial charge on any atom is 0.211 e. The Morgan fingerprint density at radius 3 is 2.54 bits per heavy atom. The molecule has 28 heavy (non-hydrogen) atoms. The van der Waals surface area contributed by atoms with Crippen molar-refractivity contribution in [1.29, 1.82) is 0 Å². The molecule has 0 fully saturated rings. The first-order valence-electron chi connectivity index (χ1n) is 9.17. The van der Waals surface area contributed by atoms with E-state index in [1.165, 1.54) is 16.3 Å². The second kappa shape index (κ2) is 8.23. The summed E-state index contributed by atoms with van der Waals surface area (Å²) in [6.45, 7) is 2.96. The van der Waals surface area contributed by atoms with Crippen molar-refractivity contribution in [2.24, 2.45) is 10.2 Å². The van der Waals surface area contributed by atoms with Gasteiger partial charge in [-0.05, 0) is 59.2 Å². The van der Waals surface area contributed by atoms with E-state index in [1.54, 1.807) is 24.7 Å². The van der Waals surface area contributed by atoms with Gasteiger partial charge in [0.2, 0.25) is 4.80 Å². The molecule has 0 saturated carbocycles. The maximum absolute atomic E-state index is 5.18. The predicted octanol–water partition coefficient (Wildman–Crippen LogP) is 5.33. The molecule has 4 aromatic rings. The van der Waals surface area contributed by atoms with Crippen LogP contribution in [0.1, 0.15) is 12.5 Å². The van der Waals surface area contributed by atoms with Crippen LogP contribution in [0.2, 0.25) is 0 Å². The molecule has 0 spiro atoms. The van der Waals surface area contributed by atoms with Crippen LogP contribution in [0.15, 0.2) is 82.3 Å². The number of hydrogen-bond acceptors (Lipinski definition) is 4. The molecule has 1 aromatic heterocycles. The molecule has 0 aliphatic heterocycles. The van der Waals surface area contributed by atoms with Crippen molar-refractivity contribution in [3.63, 3.8) is 0 Å². The second-order valence-corrected chi connectivity index (χ2v) is 7.16. The molecule has 1 heterocycles. The van der Waals surface area contributed by atoms with Crippen molar-refractivity contribution in [2.75, 3.05) is 7.11 Å². The van der Waals surface area contributed by atoms with Crippen molar-refractivity contribution < 1.29 is 4.74 Å². The van der Waals surface area contributed by atoms with E-state index in [9.17, 15) is 0 Å². The van der Waals surface area contributed by atoms with Crippen molar-refractivity contribution in [2.45, 2.75) is 13.5 Å². The van der Waals surface area contributed by atoms with E-state index >= 15 is 0 Å². The van der Waals surface area contributed by atoms with Gasteiger partial charge in [0.1, 0.15) is 5.75 Å². The van der Waals surface area contributed by atoms with Gasteiger partial charge in [-0.2, -0.15) is 5.10 Å². The zero-order valence-electron chi connectivity index (χ0n) is 15.9. The number of benzene rings is 3. The summed E-state index contributed by atoms with van der Waals surface area (Å²) in [6, 6.07) is 22.7. The first-order valence-corrected chi connectivity index (χ1v) is 10.0. The normalized spacial score (nSPS) is 12.1. The van der Waals surface area contributed by atoms with Crippen LogP contribution in [0.3, 0.4) is 0 Å². The Kier molecular flexibility index (Phi) is 5.35. The fourth-order valence-electron chi connectivity index (χ4n) is 3.13. The fraction of sp³-hybridized carbons (Fsp3) is 0.130. The van der Waals surface area contributed by atoms with E-state index in [-0.39, 0.29) is 0 Å². The minimum atomic E-state index is 0.830. The highest BCUT2D eigenvalue weighted by molar-refractivity contribution is 7.07. The van der Waals surface area contributed by atoms with E-state index in [2.05, 4.69) is 69.5 Å². The van der Waals surface area contributed by atoms with Gasteiger partial charge in [0.25, 0.3) is 0 Å². The van der Waals surface area contributed by atoms with Gasteiger partial charge < -0.3 is 9.30 Å².